The number of hydrogen-bond acceptors (Lipinski definition) is 10. The van der Waals surface area contributed by atoms with Crippen molar-refractivity contribution in [3.05, 3.63) is 66.6 Å². The van der Waals surface area contributed by atoms with Gasteiger partial charge in [-0.15, -0.1) is 0 Å². The van der Waals surface area contributed by atoms with E-state index in [1.807, 2.05) is 0 Å². The molecule has 3 aromatic rings. The van der Waals surface area contributed by atoms with Gasteiger partial charge in [-0.2, -0.15) is 9.29 Å². The van der Waals surface area contributed by atoms with Gasteiger partial charge in [0.2, 0.25) is 16.0 Å². The number of aromatic nitrogens is 2. The second-order valence-electron chi connectivity index (χ2n) is 9.31. The lowest BCUT2D eigenvalue weighted by molar-refractivity contribution is 0.213. The molecule has 41 heavy (non-hydrogen) atoms. The third kappa shape index (κ3) is 8.54. The van der Waals surface area contributed by atoms with E-state index in [1.165, 1.54) is 28.6 Å². The lowest BCUT2D eigenvalue weighted by Gasteiger charge is -2.34. The number of rotatable bonds is 14. The van der Waals surface area contributed by atoms with Gasteiger partial charge in [0, 0.05) is 30.2 Å². The van der Waals surface area contributed by atoms with Crippen molar-refractivity contribution in [1.82, 2.24) is 19.6 Å². The van der Waals surface area contributed by atoms with Crippen LogP contribution < -0.4 is 16.0 Å². The molecule has 0 unspecified atom stereocenters. The molecule has 1 aliphatic heterocycles. The summed E-state index contributed by atoms with van der Waals surface area (Å²) >= 11 is 0. The highest BCUT2D eigenvalue weighted by atomic mass is 32.2. The Balaban J connectivity index is 1.49. The van der Waals surface area contributed by atoms with Gasteiger partial charge in [-0.3, -0.25) is 4.57 Å². The van der Waals surface area contributed by atoms with Crippen LogP contribution in [0.2, 0.25) is 0 Å². The minimum Gasteiger partial charge on any atom is -0.340 e. The summed E-state index contributed by atoms with van der Waals surface area (Å²) in [7, 11) is -7.34. The number of nitrogens with zero attached hydrogens (tertiary/aromatic N) is 3. The zero-order chi connectivity index (χ0) is 29.3. The second kappa shape index (κ2) is 14.3. The van der Waals surface area contributed by atoms with E-state index in [0.29, 0.717) is 49.1 Å². The van der Waals surface area contributed by atoms with Gasteiger partial charge in [-0.1, -0.05) is 0 Å². The van der Waals surface area contributed by atoms with Crippen LogP contribution in [0.3, 0.4) is 0 Å². The van der Waals surface area contributed by atoms with Gasteiger partial charge in [0.05, 0.1) is 24.3 Å². The van der Waals surface area contributed by atoms with Gasteiger partial charge in [0.15, 0.2) is 0 Å². The Bertz CT molecular complexity index is 1410. The van der Waals surface area contributed by atoms with Gasteiger partial charge >= 0.3 is 7.60 Å². The fourth-order valence-corrected chi connectivity index (χ4v) is 7.92. The molecule has 2 heterocycles. The molecule has 0 radical (unpaired) electrons. The van der Waals surface area contributed by atoms with E-state index in [1.54, 1.807) is 50.4 Å². The van der Waals surface area contributed by atoms with Crippen LogP contribution >= 0.6 is 7.60 Å². The molecule has 0 bridgehead atoms. The summed E-state index contributed by atoms with van der Waals surface area (Å²) < 4.78 is 66.2. The van der Waals surface area contributed by atoms with E-state index in [4.69, 9.17) is 9.05 Å². The average molecular weight is 607 g/mol. The van der Waals surface area contributed by atoms with Crippen molar-refractivity contribution in [3.63, 3.8) is 0 Å². The number of benzene rings is 2. The zero-order valence-electron chi connectivity index (χ0n) is 23.1. The molecular weight excluding hydrogens is 570 g/mol. The van der Waals surface area contributed by atoms with Gasteiger partial charge < -0.3 is 25.0 Å². The van der Waals surface area contributed by atoms with Gasteiger partial charge in [-0.25, -0.2) is 17.8 Å². The van der Waals surface area contributed by atoms with Crippen molar-refractivity contribution in [2.24, 2.45) is 0 Å². The van der Waals surface area contributed by atoms with Crippen LogP contribution in [0.15, 0.2) is 65.7 Å². The van der Waals surface area contributed by atoms with Crippen molar-refractivity contribution in [2.45, 2.75) is 37.6 Å². The molecule has 1 aliphatic rings. The van der Waals surface area contributed by atoms with Gasteiger partial charge in [0.1, 0.15) is 11.6 Å². The molecule has 0 saturated carbocycles. The zero-order valence-corrected chi connectivity index (χ0v) is 24.8. The van der Waals surface area contributed by atoms with Crippen LogP contribution in [0.25, 0.3) is 0 Å². The highest BCUT2D eigenvalue weighted by Crippen LogP contribution is 2.48. The first kappa shape index (κ1) is 31.0. The summed E-state index contributed by atoms with van der Waals surface area (Å²) in [6.07, 6.45) is 2.83. The number of hydrogen-bond donors (Lipinski definition) is 3. The average Bonchev–Trinajstić information content (AvgIpc) is 2.96. The molecular formula is C27H36FN6O5PS. The molecule has 0 atom stereocenters. The second-order valence-corrected chi connectivity index (χ2v) is 13.4. The molecule has 1 aromatic heterocycles. The quantitative estimate of drug-likeness (QED) is 0.213. The molecule has 3 N–H and O–H groups in total. The molecule has 1 saturated heterocycles. The number of sulfonamides is 1. The Labute approximate surface area is 240 Å². The van der Waals surface area contributed by atoms with Gasteiger partial charge in [-0.05, 0) is 94.4 Å². The van der Waals surface area contributed by atoms with E-state index >= 15 is 0 Å². The third-order valence-corrected chi connectivity index (χ3v) is 10.5. The molecule has 222 valence electrons. The molecule has 0 amide bonds. The Morgan fingerprint density at radius 3 is 2.22 bits per heavy atom. The van der Waals surface area contributed by atoms with E-state index in [-0.39, 0.29) is 42.7 Å². The third-order valence-electron chi connectivity index (χ3n) is 6.45. The summed E-state index contributed by atoms with van der Waals surface area (Å²) in [6.45, 7) is 5.29. The predicted octanol–water partition coefficient (Wildman–Crippen LogP) is 5.11. The van der Waals surface area contributed by atoms with E-state index in [0.717, 1.165) is 0 Å². The number of piperidine rings is 1. The van der Waals surface area contributed by atoms with E-state index < -0.39 is 17.6 Å². The number of halogens is 1. The fraction of sp³-hybridized carbons (Fsp3) is 0.407. The summed E-state index contributed by atoms with van der Waals surface area (Å²) in [4.78, 5) is 8.76. The molecule has 2 aromatic carbocycles. The topological polar surface area (TPSA) is 135 Å². The summed E-state index contributed by atoms with van der Waals surface area (Å²) in [5.74, 6) is 0.468. The van der Waals surface area contributed by atoms with Crippen LogP contribution in [0.4, 0.5) is 27.5 Å². The smallest absolute Gasteiger partial charge is 0.331 e. The van der Waals surface area contributed by atoms with Gasteiger partial charge in [0.25, 0.3) is 0 Å². The Hall–Kier alpha value is -2.93. The first-order valence-corrected chi connectivity index (χ1v) is 16.7. The maximum atomic E-state index is 13.8. The Morgan fingerprint density at radius 2 is 1.59 bits per heavy atom. The molecule has 1 fully saturated rings. The van der Waals surface area contributed by atoms with Crippen molar-refractivity contribution in [2.75, 3.05) is 49.6 Å². The Morgan fingerprint density at radius 1 is 0.976 bits per heavy atom. The van der Waals surface area contributed by atoms with Crippen LogP contribution in [0.1, 0.15) is 26.7 Å². The van der Waals surface area contributed by atoms with Crippen molar-refractivity contribution >= 4 is 40.8 Å². The van der Waals surface area contributed by atoms with Crippen molar-refractivity contribution in [3.8, 4) is 0 Å². The lowest BCUT2D eigenvalue weighted by atomic mass is 10.1. The van der Waals surface area contributed by atoms with Crippen LogP contribution in [0, 0.1) is 5.82 Å². The van der Waals surface area contributed by atoms with Crippen LogP contribution in [-0.4, -0.2) is 67.7 Å². The maximum Gasteiger partial charge on any atom is 0.331 e. The highest BCUT2D eigenvalue weighted by molar-refractivity contribution is 7.89. The van der Waals surface area contributed by atoms with E-state index in [2.05, 4.69) is 25.9 Å². The lowest BCUT2D eigenvalue weighted by Crippen LogP contribution is -2.47. The minimum absolute atomic E-state index is 0.0198. The van der Waals surface area contributed by atoms with Crippen molar-refractivity contribution < 1.29 is 26.4 Å². The Kier molecular flexibility index (Phi) is 10.8. The van der Waals surface area contributed by atoms with Crippen molar-refractivity contribution in [1.29, 1.82) is 0 Å². The standard InChI is InChI=1S/C27H36FN6O5PS/c1-3-38-40(35,39-4-2)20-19-34(24-13-16-29-17-14-24)41(36,37)25-11-9-23(10-12-25)32-27-30-18-15-26(33-27)31-22-7-5-21(28)6-8-22/h5-12,15,18,24,29H,3-4,13-14,16-17,19-20H2,1-2H3,(H2,30,31,32,33). The van der Waals surface area contributed by atoms with Crippen LogP contribution in [-0.2, 0) is 23.6 Å². The molecule has 0 aliphatic carbocycles. The van der Waals surface area contributed by atoms with E-state index in [9.17, 15) is 17.4 Å². The monoisotopic (exact) mass is 606 g/mol. The highest BCUT2D eigenvalue weighted by Gasteiger charge is 2.35. The SMILES string of the molecule is CCOP(=O)(CCN(C1CCNCC1)S(=O)(=O)c1ccc(Nc2nccc(Nc3ccc(F)cc3)n2)cc1)OCC. The summed E-state index contributed by atoms with van der Waals surface area (Å²) in [5, 5.41) is 9.42. The minimum atomic E-state index is -3.91. The summed E-state index contributed by atoms with van der Waals surface area (Å²) in [6, 6.07) is 13.7. The maximum absolute atomic E-state index is 13.8. The molecule has 11 nitrogen and oxygen atoms in total. The molecule has 0 spiro atoms. The van der Waals surface area contributed by atoms with Crippen LogP contribution in [0.5, 0.6) is 0 Å². The number of nitrogens with one attached hydrogen (secondary N) is 3. The number of anilines is 4. The normalized spacial score (nSPS) is 14.7. The summed E-state index contributed by atoms with van der Waals surface area (Å²) in [5.41, 5.74) is 1.26. The first-order valence-electron chi connectivity index (χ1n) is 13.6. The first-order chi connectivity index (χ1) is 19.7. The molecule has 14 heteroatoms. The largest absolute Gasteiger partial charge is 0.340 e. The predicted molar refractivity (Wildman–Crippen MR) is 157 cm³/mol. The fourth-order valence-electron chi connectivity index (χ4n) is 4.52. The molecule has 4 rings (SSSR count).